The number of hydrogen-bond acceptors (Lipinski definition) is 3. The first-order valence-corrected chi connectivity index (χ1v) is 3.55. The van der Waals surface area contributed by atoms with E-state index in [2.05, 4.69) is 0 Å². The molecule has 0 spiro atoms. The van der Waals surface area contributed by atoms with Crippen molar-refractivity contribution < 1.29 is 14.3 Å². The molecule has 11 heavy (non-hydrogen) atoms. The molecule has 3 nitrogen and oxygen atoms in total. The normalized spacial score (nSPS) is 13.8. The molecule has 0 aliphatic heterocycles. The van der Waals surface area contributed by atoms with Crippen LogP contribution in [0.25, 0.3) is 0 Å². The monoisotopic (exact) mass is 158 g/mol. The third-order valence-corrected chi connectivity index (χ3v) is 0.983. The topological polar surface area (TPSA) is 43.4 Å². The predicted molar refractivity (Wildman–Crippen MR) is 41.1 cm³/mol. The van der Waals surface area contributed by atoms with Crippen molar-refractivity contribution >= 4 is 12.3 Å². The Hall–Kier alpha value is -0.860. The van der Waals surface area contributed by atoms with Crippen LogP contribution in [0.1, 0.15) is 27.7 Å². The second kappa shape index (κ2) is 3.51. The van der Waals surface area contributed by atoms with Gasteiger partial charge in [-0.1, -0.05) is 0 Å². The predicted octanol–water partition coefficient (Wildman–Crippen LogP) is 1.16. The third-order valence-electron chi connectivity index (χ3n) is 0.983. The number of esters is 1. The van der Waals surface area contributed by atoms with E-state index in [-0.39, 0.29) is 0 Å². The van der Waals surface area contributed by atoms with Crippen molar-refractivity contribution in [3.05, 3.63) is 0 Å². The zero-order valence-electron chi connectivity index (χ0n) is 7.38. The molecule has 0 N–H and O–H groups in total. The Morgan fingerprint density at radius 1 is 1.45 bits per heavy atom. The summed E-state index contributed by atoms with van der Waals surface area (Å²) in [5.74, 6) is -1.12. The Balaban J connectivity index is 3.98. The summed E-state index contributed by atoms with van der Waals surface area (Å²) in [6.07, 6.45) is 0.577. The minimum Gasteiger partial charge on any atom is -0.459 e. The molecular formula is C8H14O3. The van der Waals surface area contributed by atoms with Crippen LogP contribution in [0.5, 0.6) is 0 Å². The lowest BCUT2D eigenvalue weighted by atomic mass is 10.1. The standard InChI is InChI=1S/C8H14O3/c1-6(5-9)7(10)11-8(2,3)4/h5-6H,1-4H3. The maximum absolute atomic E-state index is 10.9. The van der Waals surface area contributed by atoms with Crippen molar-refractivity contribution in [2.24, 2.45) is 5.92 Å². The Morgan fingerprint density at radius 3 is 2.18 bits per heavy atom. The highest BCUT2D eigenvalue weighted by atomic mass is 16.6. The first-order chi connectivity index (χ1) is 4.87. The van der Waals surface area contributed by atoms with Crippen molar-refractivity contribution in [1.29, 1.82) is 0 Å². The minimum atomic E-state index is -0.658. The summed E-state index contributed by atoms with van der Waals surface area (Å²) in [7, 11) is 0. The lowest BCUT2D eigenvalue weighted by Gasteiger charge is -2.20. The van der Waals surface area contributed by atoms with E-state index in [1.165, 1.54) is 6.92 Å². The van der Waals surface area contributed by atoms with Gasteiger partial charge < -0.3 is 9.53 Å². The molecule has 0 saturated heterocycles. The highest BCUT2D eigenvalue weighted by Crippen LogP contribution is 2.09. The van der Waals surface area contributed by atoms with Crippen LogP contribution in [-0.2, 0) is 14.3 Å². The van der Waals surface area contributed by atoms with Crippen LogP contribution in [0.4, 0.5) is 0 Å². The molecule has 0 aromatic carbocycles. The van der Waals surface area contributed by atoms with E-state index >= 15 is 0 Å². The van der Waals surface area contributed by atoms with E-state index in [9.17, 15) is 9.59 Å². The fourth-order valence-electron chi connectivity index (χ4n) is 0.450. The second-order valence-electron chi connectivity index (χ2n) is 3.46. The number of ether oxygens (including phenoxy) is 1. The van der Waals surface area contributed by atoms with Crippen LogP contribution >= 0.6 is 0 Å². The van der Waals surface area contributed by atoms with Gasteiger partial charge in [-0.2, -0.15) is 0 Å². The van der Waals surface area contributed by atoms with E-state index in [0.29, 0.717) is 6.29 Å². The zero-order valence-corrected chi connectivity index (χ0v) is 7.38. The quantitative estimate of drug-likeness (QED) is 0.344. The number of carbonyl (C=O) groups is 2. The van der Waals surface area contributed by atoms with E-state index in [4.69, 9.17) is 4.74 Å². The molecule has 0 fully saturated rings. The summed E-state index contributed by atoms with van der Waals surface area (Å²) < 4.78 is 4.92. The number of hydrogen-bond donors (Lipinski definition) is 0. The van der Waals surface area contributed by atoms with Gasteiger partial charge in [0.2, 0.25) is 0 Å². The average molecular weight is 158 g/mol. The Morgan fingerprint density at radius 2 is 1.91 bits per heavy atom. The minimum absolute atomic E-state index is 0.465. The molecule has 0 amide bonds. The van der Waals surface area contributed by atoms with Gasteiger partial charge >= 0.3 is 5.97 Å². The van der Waals surface area contributed by atoms with Gasteiger partial charge in [-0.25, -0.2) is 0 Å². The van der Waals surface area contributed by atoms with Gasteiger partial charge in [-0.3, -0.25) is 4.79 Å². The molecule has 0 radical (unpaired) electrons. The van der Waals surface area contributed by atoms with Crippen LogP contribution in [-0.4, -0.2) is 17.9 Å². The average Bonchev–Trinajstić information content (AvgIpc) is 1.82. The summed E-state index contributed by atoms with van der Waals surface area (Å²) in [6, 6.07) is 0. The molecule has 1 unspecified atom stereocenters. The highest BCUT2D eigenvalue weighted by molar-refractivity contribution is 5.87. The molecular weight excluding hydrogens is 144 g/mol. The van der Waals surface area contributed by atoms with Gasteiger partial charge in [0.25, 0.3) is 0 Å². The molecule has 0 rings (SSSR count). The summed E-state index contributed by atoms with van der Waals surface area (Å²) in [4.78, 5) is 21.1. The van der Waals surface area contributed by atoms with Crippen LogP contribution < -0.4 is 0 Å². The van der Waals surface area contributed by atoms with Crippen molar-refractivity contribution in [3.63, 3.8) is 0 Å². The number of rotatable bonds is 2. The van der Waals surface area contributed by atoms with E-state index < -0.39 is 17.5 Å². The van der Waals surface area contributed by atoms with Crippen LogP contribution in [0.2, 0.25) is 0 Å². The zero-order chi connectivity index (χ0) is 9.07. The number of aldehydes is 1. The van der Waals surface area contributed by atoms with Gasteiger partial charge in [-0.15, -0.1) is 0 Å². The van der Waals surface area contributed by atoms with E-state index in [1.54, 1.807) is 20.8 Å². The third kappa shape index (κ3) is 4.53. The fourth-order valence-corrected chi connectivity index (χ4v) is 0.450. The fraction of sp³-hybridized carbons (Fsp3) is 0.750. The van der Waals surface area contributed by atoms with Crippen LogP contribution in [0.15, 0.2) is 0 Å². The second-order valence-corrected chi connectivity index (χ2v) is 3.46. The molecule has 3 heteroatoms. The van der Waals surface area contributed by atoms with Crippen LogP contribution in [0, 0.1) is 5.92 Å². The van der Waals surface area contributed by atoms with Crippen molar-refractivity contribution in [1.82, 2.24) is 0 Å². The van der Waals surface area contributed by atoms with Gasteiger partial charge in [-0.05, 0) is 27.7 Å². The lowest BCUT2D eigenvalue weighted by molar-refractivity contribution is -0.159. The number of carbonyl (C=O) groups excluding carboxylic acids is 2. The molecule has 0 aromatic rings. The maximum atomic E-state index is 10.9. The SMILES string of the molecule is CC(C=O)C(=O)OC(C)(C)C. The largest absolute Gasteiger partial charge is 0.459 e. The van der Waals surface area contributed by atoms with Crippen molar-refractivity contribution in [2.75, 3.05) is 0 Å². The molecule has 0 aliphatic carbocycles. The first-order valence-electron chi connectivity index (χ1n) is 3.55. The smallest absolute Gasteiger partial charge is 0.316 e. The molecule has 0 aliphatic rings. The summed E-state index contributed by atoms with van der Waals surface area (Å²) >= 11 is 0. The lowest BCUT2D eigenvalue weighted by Crippen LogP contribution is -2.28. The Bertz CT molecular complexity index is 155. The first kappa shape index (κ1) is 10.1. The van der Waals surface area contributed by atoms with E-state index in [0.717, 1.165) is 0 Å². The summed E-state index contributed by atoms with van der Waals surface area (Å²) in [5.41, 5.74) is -0.506. The summed E-state index contributed by atoms with van der Waals surface area (Å²) in [5, 5.41) is 0. The Kier molecular flexibility index (Phi) is 3.23. The Labute approximate surface area is 66.7 Å². The molecule has 1 atom stereocenters. The maximum Gasteiger partial charge on any atom is 0.316 e. The molecule has 64 valence electrons. The molecule has 0 saturated carbocycles. The van der Waals surface area contributed by atoms with Gasteiger partial charge in [0, 0.05) is 0 Å². The van der Waals surface area contributed by atoms with E-state index in [1.807, 2.05) is 0 Å². The van der Waals surface area contributed by atoms with Crippen molar-refractivity contribution in [3.8, 4) is 0 Å². The molecule has 0 heterocycles. The molecule has 0 aromatic heterocycles. The van der Waals surface area contributed by atoms with Gasteiger partial charge in [0.15, 0.2) is 0 Å². The van der Waals surface area contributed by atoms with Gasteiger partial charge in [0.05, 0.1) is 0 Å². The highest BCUT2D eigenvalue weighted by Gasteiger charge is 2.20. The summed E-state index contributed by atoms with van der Waals surface area (Å²) in [6.45, 7) is 6.81. The van der Waals surface area contributed by atoms with Crippen molar-refractivity contribution in [2.45, 2.75) is 33.3 Å². The molecule has 0 bridgehead atoms. The van der Waals surface area contributed by atoms with Crippen LogP contribution in [0.3, 0.4) is 0 Å². The van der Waals surface area contributed by atoms with Gasteiger partial charge in [0.1, 0.15) is 17.8 Å².